The first-order chi connectivity index (χ1) is 7.97. The molecule has 0 aliphatic rings. The number of halogens is 1. The Kier molecular flexibility index (Phi) is 13.5. The summed E-state index contributed by atoms with van der Waals surface area (Å²) in [5, 5.41) is 3.16. The number of nitrogens with zero attached hydrogens (tertiary/aromatic N) is 2. The molecule has 1 unspecified atom stereocenters. The third-order valence-electron chi connectivity index (χ3n) is 3.09. The van der Waals surface area contributed by atoms with Gasteiger partial charge in [0.25, 0.3) is 0 Å². The summed E-state index contributed by atoms with van der Waals surface area (Å²) >= 11 is 0. The quantitative estimate of drug-likeness (QED) is 0.299. The van der Waals surface area contributed by atoms with Crippen LogP contribution in [0.5, 0.6) is 0 Å². The first-order valence-electron chi connectivity index (χ1n) is 6.74. The van der Waals surface area contributed by atoms with E-state index in [1.807, 2.05) is 0 Å². The van der Waals surface area contributed by atoms with E-state index in [4.69, 9.17) is 5.73 Å². The first kappa shape index (κ1) is 20.3. The van der Waals surface area contributed by atoms with Crippen LogP contribution in [0.3, 0.4) is 0 Å². The van der Waals surface area contributed by atoms with Gasteiger partial charge in [-0.05, 0) is 53.6 Å². The van der Waals surface area contributed by atoms with Crippen LogP contribution in [0.2, 0.25) is 0 Å². The molecule has 0 amide bonds. The fourth-order valence-electron chi connectivity index (χ4n) is 1.33. The molecule has 0 aliphatic heterocycles. The predicted molar refractivity (Wildman–Crippen MR) is 91.8 cm³/mol. The molecule has 4 nitrogen and oxygen atoms in total. The number of aliphatic imine (C=N–C) groups is 1. The maximum Gasteiger partial charge on any atom is 0.188 e. The molecule has 18 heavy (non-hydrogen) atoms. The fraction of sp³-hybridized carbons (Fsp3) is 0.923. The molecule has 0 aliphatic carbocycles. The van der Waals surface area contributed by atoms with E-state index in [1.54, 1.807) is 0 Å². The Morgan fingerprint density at radius 3 is 2.39 bits per heavy atom. The summed E-state index contributed by atoms with van der Waals surface area (Å²) in [6, 6.07) is 1.03. The number of guanidine groups is 1. The molecule has 0 aromatic rings. The van der Waals surface area contributed by atoms with Crippen molar-refractivity contribution < 1.29 is 0 Å². The van der Waals surface area contributed by atoms with Gasteiger partial charge >= 0.3 is 0 Å². The van der Waals surface area contributed by atoms with Crippen molar-refractivity contribution in [3.05, 3.63) is 0 Å². The van der Waals surface area contributed by atoms with Gasteiger partial charge < -0.3 is 16.0 Å². The highest BCUT2D eigenvalue weighted by atomic mass is 127. The molecule has 3 N–H and O–H groups in total. The normalized spacial score (nSPS) is 13.6. The molecule has 0 saturated heterocycles. The number of unbranched alkanes of at least 4 members (excludes halogenated alkanes) is 1. The van der Waals surface area contributed by atoms with Crippen LogP contribution in [0, 0.1) is 0 Å². The Morgan fingerprint density at radius 2 is 1.89 bits per heavy atom. The van der Waals surface area contributed by atoms with Gasteiger partial charge in [-0.15, -0.1) is 24.0 Å². The van der Waals surface area contributed by atoms with E-state index in [2.05, 4.69) is 50.0 Å². The summed E-state index contributed by atoms with van der Waals surface area (Å²) in [4.78, 5) is 6.67. The van der Waals surface area contributed by atoms with Crippen molar-refractivity contribution in [2.45, 2.75) is 59.0 Å². The topological polar surface area (TPSA) is 53.6 Å². The summed E-state index contributed by atoms with van der Waals surface area (Å²) in [6.07, 6.45) is 3.34. The summed E-state index contributed by atoms with van der Waals surface area (Å²) in [7, 11) is 2.16. The lowest BCUT2D eigenvalue weighted by molar-refractivity contribution is 0.269. The highest BCUT2D eigenvalue weighted by Gasteiger charge is 2.02. The van der Waals surface area contributed by atoms with Crippen molar-refractivity contribution in [1.29, 1.82) is 0 Å². The maximum atomic E-state index is 5.77. The highest BCUT2D eigenvalue weighted by Crippen LogP contribution is 1.98. The number of rotatable bonds is 8. The van der Waals surface area contributed by atoms with Gasteiger partial charge in [0.1, 0.15) is 0 Å². The van der Waals surface area contributed by atoms with Crippen LogP contribution in [0.25, 0.3) is 0 Å². The minimum absolute atomic E-state index is 0. The predicted octanol–water partition coefficient (Wildman–Crippen LogP) is 2.43. The zero-order valence-corrected chi connectivity index (χ0v) is 14.9. The van der Waals surface area contributed by atoms with Gasteiger partial charge in [-0.25, -0.2) is 0 Å². The van der Waals surface area contributed by atoms with Crippen molar-refractivity contribution in [1.82, 2.24) is 10.2 Å². The summed E-state index contributed by atoms with van der Waals surface area (Å²) in [6.45, 7) is 10.6. The van der Waals surface area contributed by atoms with E-state index in [1.165, 1.54) is 6.42 Å². The van der Waals surface area contributed by atoms with E-state index >= 15 is 0 Å². The van der Waals surface area contributed by atoms with Crippen LogP contribution < -0.4 is 11.1 Å². The van der Waals surface area contributed by atoms with Crippen molar-refractivity contribution in [3.8, 4) is 0 Å². The van der Waals surface area contributed by atoms with Gasteiger partial charge in [-0.2, -0.15) is 0 Å². The lowest BCUT2D eigenvalue weighted by Crippen LogP contribution is -2.38. The maximum absolute atomic E-state index is 5.77. The van der Waals surface area contributed by atoms with Gasteiger partial charge in [0, 0.05) is 18.6 Å². The molecule has 0 aromatic carbocycles. The molecular weight excluding hydrogens is 339 g/mol. The average Bonchev–Trinajstić information content (AvgIpc) is 2.27. The first-order valence-corrected chi connectivity index (χ1v) is 6.74. The smallest absolute Gasteiger partial charge is 0.188 e. The second kappa shape index (κ2) is 12.0. The van der Waals surface area contributed by atoms with Crippen molar-refractivity contribution in [2.24, 2.45) is 10.7 Å². The van der Waals surface area contributed by atoms with Crippen LogP contribution in [0.1, 0.15) is 47.0 Å². The molecule has 1 atom stereocenters. The minimum Gasteiger partial charge on any atom is -0.370 e. The SMILES string of the molecule is CCC(C)NC(N)=NCCCCN(C)C(C)C.I. The van der Waals surface area contributed by atoms with E-state index in [0.29, 0.717) is 18.0 Å². The van der Waals surface area contributed by atoms with Crippen molar-refractivity contribution in [2.75, 3.05) is 20.1 Å². The monoisotopic (exact) mass is 370 g/mol. The van der Waals surface area contributed by atoms with Gasteiger partial charge in [0.2, 0.25) is 0 Å². The summed E-state index contributed by atoms with van der Waals surface area (Å²) in [5.74, 6) is 0.580. The van der Waals surface area contributed by atoms with E-state index in [-0.39, 0.29) is 24.0 Å². The zero-order valence-electron chi connectivity index (χ0n) is 12.6. The average molecular weight is 370 g/mol. The van der Waals surface area contributed by atoms with Crippen LogP contribution in [0.4, 0.5) is 0 Å². The molecule has 5 heteroatoms. The number of hydrogen-bond donors (Lipinski definition) is 2. The Hall–Kier alpha value is -0.0400. The second-order valence-corrected chi connectivity index (χ2v) is 5.00. The van der Waals surface area contributed by atoms with E-state index in [0.717, 1.165) is 25.9 Å². The summed E-state index contributed by atoms with van der Waals surface area (Å²) in [5.41, 5.74) is 5.77. The Bertz CT molecular complexity index is 219. The molecule has 0 radical (unpaired) electrons. The molecule has 0 rings (SSSR count). The van der Waals surface area contributed by atoms with E-state index < -0.39 is 0 Å². The number of nitrogens with one attached hydrogen (secondary N) is 1. The van der Waals surface area contributed by atoms with Gasteiger partial charge in [0.15, 0.2) is 5.96 Å². The summed E-state index contributed by atoms with van der Waals surface area (Å²) < 4.78 is 0. The molecule has 0 saturated carbocycles. The van der Waals surface area contributed by atoms with E-state index in [9.17, 15) is 0 Å². The lowest BCUT2D eigenvalue weighted by Gasteiger charge is -2.20. The second-order valence-electron chi connectivity index (χ2n) is 5.00. The van der Waals surface area contributed by atoms with Crippen molar-refractivity contribution >= 4 is 29.9 Å². The Balaban J connectivity index is 0. The molecule has 110 valence electrons. The Labute approximate surface area is 130 Å². The largest absolute Gasteiger partial charge is 0.370 e. The van der Waals surface area contributed by atoms with Crippen LogP contribution >= 0.6 is 24.0 Å². The number of nitrogens with two attached hydrogens (primary N) is 1. The highest BCUT2D eigenvalue weighted by molar-refractivity contribution is 14.0. The lowest BCUT2D eigenvalue weighted by atomic mass is 10.2. The zero-order chi connectivity index (χ0) is 13.3. The van der Waals surface area contributed by atoms with Gasteiger partial charge in [-0.3, -0.25) is 4.99 Å². The molecule has 0 bridgehead atoms. The molecule has 0 heterocycles. The van der Waals surface area contributed by atoms with Gasteiger partial charge in [0.05, 0.1) is 0 Å². The van der Waals surface area contributed by atoms with Crippen LogP contribution in [0.15, 0.2) is 4.99 Å². The molecule has 0 spiro atoms. The van der Waals surface area contributed by atoms with Crippen LogP contribution in [-0.2, 0) is 0 Å². The molecule has 0 fully saturated rings. The minimum atomic E-state index is 0. The van der Waals surface area contributed by atoms with Crippen LogP contribution in [-0.4, -0.2) is 43.1 Å². The fourth-order valence-corrected chi connectivity index (χ4v) is 1.33. The third-order valence-corrected chi connectivity index (χ3v) is 3.09. The number of hydrogen-bond acceptors (Lipinski definition) is 2. The standard InChI is InChI=1S/C13H30N4.HI/c1-6-12(4)16-13(14)15-9-7-8-10-17(5)11(2)3;/h11-12H,6-10H2,1-5H3,(H3,14,15,16);1H. The molecular formula is C13H31IN4. The Morgan fingerprint density at radius 1 is 1.28 bits per heavy atom. The van der Waals surface area contributed by atoms with Gasteiger partial charge in [-0.1, -0.05) is 6.92 Å². The van der Waals surface area contributed by atoms with Crippen molar-refractivity contribution in [3.63, 3.8) is 0 Å². The molecule has 0 aromatic heterocycles. The third kappa shape index (κ3) is 11.1.